The van der Waals surface area contributed by atoms with E-state index in [0.29, 0.717) is 31.5 Å². The lowest BCUT2D eigenvalue weighted by Crippen LogP contribution is -2.28. The maximum Gasteiger partial charge on any atom is 0.336 e. The number of hydrogen-bond acceptors (Lipinski definition) is 5. The van der Waals surface area contributed by atoms with Crippen LogP contribution in [-0.4, -0.2) is 16.0 Å². The van der Waals surface area contributed by atoms with Crippen molar-refractivity contribution in [3.8, 4) is 0 Å². The molecule has 4 rings (SSSR count). The quantitative estimate of drug-likeness (QED) is 0.413. The Balaban J connectivity index is 1.67. The van der Waals surface area contributed by atoms with E-state index in [9.17, 15) is 14.4 Å². The number of carbonyl (C=O) groups excluding carboxylic acids is 2. The minimum Gasteiger partial charge on any atom is -0.423 e. The van der Waals surface area contributed by atoms with Crippen molar-refractivity contribution in [2.24, 2.45) is 0 Å². The Morgan fingerprint density at radius 1 is 0.964 bits per heavy atom. The van der Waals surface area contributed by atoms with Gasteiger partial charge in [0.2, 0.25) is 0 Å². The fraction of sp³-hybridized carbons (Fsp3) is 0.0500. The number of halogens is 2. The highest BCUT2D eigenvalue weighted by atomic mass is 35.5. The molecule has 1 aliphatic rings. The van der Waals surface area contributed by atoms with E-state index in [2.05, 4.69) is 0 Å². The summed E-state index contributed by atoms with van der Waals surface area (Å²) in [6.45, 7) is -0.0505. The highest BCUT2D eigenvalue weighted by Gasteiger charge is 2.35. The van der Waals surface area contributed by atoms with Gasteiger partial charge in [0.25, 0.3) is 11.1 Å². The molecular weight excluding hydrogens is 421 g/mol. The number of amides is 2. The molecule has 0 radical (unpaired) electrons. The van der Waals surface area contributed by atoms with Crippen LogP contribution in [0, 0.1) is 0 Å². The molecule has 2 amide bonds. The van der Waals surface area contributed by atoms with E-state index in [1.165, 1.54) is 6.07 Å². The predicted molar refractivity (Wildman–Crippen MR) is 110 cm³/mol. The lowest BCUT2D eigenvalue weighted by atomic mass is 10.1. The van der Waals surface area contributed by atoms with Gasteiger partial charge >= 0.3 is 5.63 Å². The van der Waals surface area contributed by atoms with E-state index < -0.39 is 16.8 Å². The number of carbonyl (C=O) groups is 2. The first-order valence-electron chi connectivity index (χ1n) is 8.14. The summed E-state index contributed by atoms with van der Waals surface area (Å²) in [6.07, 6.45) is 1.63. The highest BCUT2D eigenvalue weighted by Crippen LogP contribution is 2.34. The molecular formula is C20H11Cl2NO4S. The molecule has 1 aromatic heterocycles. The molecule has 8 heteroatoms. The zero-order valence-electron chi connectivity index (χ0n) is 14.1. The number of rotatable bonds is 3. The maximum absolute atomic E-state index is 12.7. The second kappa shape index (κ2) is 7.47. The number of benzene rings is 2. The first kappa shape index (κ1) is 18.8. The average molecular weight is 432 g/mol. The number of hydrogen-bond donors (Lipinski definition) is 0. The van der Waals surface area contributed by atoms with Crippen molar-refractivity contribution in [2.75, 3.05) is 0 Å². The molecule has 3 aromatic rings. The maximum atomic E-state index is 12.7. The largest absolute Gasteiger partial charge is 0.423 e. The van der Waals surface area contributed by atoms with Crippen LogP contribution in [-0.2, 0) is 11.3 Å². The summed E-state index contributed by atoms with van der Waals surface area (Å²) in [5, 5.41) is 1.21. The molecule has 2 aromatic carbocycles. The number of fused-ring (bicyclic) bond motifs is 1. The van der Waals surface area contributed by atoms with Gasteiger partial charge in [-0.25, -0.2) is 4.79 Å². The number of thioether (sulfide) groups is 1. The van der Waals surface area contributed by atoms with Crippen molar-refractivity contribution in [2.45, 2.75) is 6.54 Å². The number of nitrogens with zero attached hydrogens (tertiary/aromatic N) is 1. The number of imide groups is 1. The van der Waals surface area contributed by atoms with Crippen LogP contribution in [0.1, 0.15) is 11.1 Å². The van der Waals surface area contributed by atoms with Crippen LogP contribution in [0.15, 0.2) is 62.6 Å². The Bertz CT molecular complexity index is 1200. The van der Waals surface area contributed by atoms with Crippen LogP contribution in [0.4, 0.5) is 4.79 Å². The smallest absolute Gasteiger partial charge is 0.336 e. The van der Waals surface area contributed by atoms with E-state index in [4.69, 9.17) is 27.6 Å². The Morgan fingerprint density at radius 3 is 2.43 bits per heavy atom. The molecule has 2 heterocycles. The van der Waals surface area contributed by atoms with Crippen LogP contribution in [0.3, 0.4) is 0 Å². The van der Waals surface area contributed by atoms with Gasteiger partial charge in [-0.05, 0) is 59.3 Å². The van der Waals surface area contributed by atoms with Gasteiger partial charge in [-0.1, -0.05) is 35.3 Å². The van der Waals surface area contributed by atoms with Gasteiger partial charge in [-0.2, -0.15) is 0 Å². The Labute approximate surface area is 173 Å². The summed E-state index contributed by atoms with van der Waals surface area (Å²) in [7, 11) is 0. The van der Waals surface area contributed by atoms with Crippen LogP contribution in [0.25, 0.3) is 17.0 Å². The van der Waals surface area contributed by atoms with E-state index in [1.54, 1.807) is 48.5 Å². The van der Waals surface area contributed by atoms with Gasteiger partial charge in [0.1, 0.15) is 5.58 Å². The van der Waals surface area contributed by atoms with Crippen LogP contribution < -0.4 is 5.63 Å². The van der Waals surface area contributed by atoms with Gasteiger partial charge < -0.3 is 4.42 Å². The molecule has 28 heavy (non-hydrogen) atoms. The second-order valence-electron chi connectivity index (χ2n) is 6.05. The lowest BCUT2D eigenvalue weighted by molar-refractivity contribution is -0.123. The van der Waals surface area contributed by atoms with Gasteiger partial charge in [-0.15, -0.1) is 0 Å². The summed E-state index contributed by atoms with van der Waals surface area (Å²) in [6, 6.07) is 13.0. The zero-order chi connectivity index (χ0) is 19.8. The van der Waals surface area contributed by atoms with Crippen LogP contribution >= 0.6 is 35.0 Å². The summed E-state index contributed by atoms with van der Waals surface area (Å²) in [4.78, 5) is 38.4. The minimum absolute atomic E-state index is 0.0505. The summed E-state index contributed by atoms with van der Waals surface area (Å²) in [5.74, 6) is -0.423. The average Bonchev–Trinajstić information content (AvgIpc) is 2.91. The fourth-order valence-corrected chi connectivity index (χ4v) is 3.98. The molecule has 0 saturated carbocycles. The summed E-state index contributed by atoms with van der Waals surface area (Å²) < 4.78 is 5.16. The van der Waals surface area contributed by atoms with Crippen LogP contribution in [0.5, 0.6) is 0 Å². The fourth-order valence-electron chi connectivity index (χ4n) is 2.85. The van der Waals surface area contributed by atoms with Gasteiger partial charge in [0, 0.05) is 21.5 Å². The molecule has 0 N–H and O–H groups in total. The Hall–Kier alpha value is -2.54. The van der Waals surface area contributed by atoms with Crippen molar-refractivity contribution in [3.63, 3.8) is 0 Å². The molecule has 0 bridgehead atoms. The molecule has 140 valence electrons. The highest BCUT2D eigenvalue weighted by molar-refractivity contribution is 8.18. The minimum atomic E-state index is -0.562. The van der Waals surface area contributed by atoms with Gasteiger partial charge in [0.15, 0.2) is 0 Å². The molecule has 5 nitrogen and oxygen atoms in total. The zero-order valence-corrected chi connectivity index (χ0v) is 16.5. The van der Waals surface area contributed by atoms with E-state index in [1.807, 2.05) is 0 Å². The lowest BCUT2D eigenvalue weighted by Gasteiger charge is -2.13. The van der Waals surface area contributed by atoms with Crippen molar-refractivity contribution in [1.82, 2.24) is 4.90 Å². The van der Waals surface area contributed by atoms with Crippen molar-refractivity contribution < 1.29 is 14.0 Å². The second-order valence-corrected chi connectivity index (χ2v) is 7.92. The normalized spacial score (nSPS) is 15.8. The molecule has 0 spiro atoms. The van der Waals surface area contributed by atoms with E-state index >= 15 is 0 Å². The first-order valence-corrected chi connectivity index (χ1v) is 9.71. The summed E-state index contributed by atoms with van der Waals surface area (Å²) >= 11 is 12.8. The monoisotopic (exact) mass is 431 g/mol. The molecule has 0 atom stereocenters. The summed E-state index contributed by atoms with van der Waals surface area (Å²) in [5.41, 5.74) is 1.03. The van der Waals surface area contributed by atoms with Crippen molar-refractivity contribution in [1.29, 1.82) is 0 Å². The predicted octanol–water partition coefficient (Wildman–Crippen LogP) is 5.34. The Morgan fingerprint density at radius 2 is 1.68 bits per heavy atom. The standard InChI is InChI=1S/C20H11Cl2NO4S/c21-13-3-1-11(2-4-13)7-17-19(25)23(20(26)28-17)10-12-8-18(24)27-16-6-5-14(22)9-15(12)16/h1-9H,10H2/b17-7-. The molecule has 0 aliphatic carbocycles. The topological polar surface area (TPSA) is 67.6 Å². The Kier molecular flexibility index (Phi) is 5.02. The molecule has 1 aliphatic heterocycles. The SMILES string of the molecule is O=C1S/C(=C\c2ccc(Cl)cc2)C(=O)N1Cc1cc(=O)oc2ccc(Cl)cc12. The molecule has 1 fully saturated rings. The third kappa shape index (κ3) is 3.71. The first-order chi connectivity index (χ1) is 13.4. The van der Waals surface area contributed by atoms with Crippen molar-refractivity contribution >= 4 is 63.2 Å². The molecule has 1 saturated heterocycles. The van der Waals surface area contributed by atoms with Crippen molar-refractivity contribution in [3.05, 3.63) is 85.0 Å². The third-order valence-corrected chi connectivity index (χ3v) is 5.55. The van der Waals surface area contributed by atoms with Gasteiger partial charge in [0.05, 0.1) is 11.4 Å². The van der Waals surface area contributed by atoms with E-state index in [-0.39, 0.29) is 6.54 Å². The van der Waals surface area contributed by atoms with Crippen LogP contribution in [0.2, 0.25) is 10.0 Å². The molecule has 0 unspecified atom stereocenters. The van der Waals surface area contributed by atoms with Gasteiger partial charge in [-0.3, -0.25) is 14.5 Å². The third-order valence-electron chi connectivity index (χ3n) is 4.16. The van der Waals surface area contributed by atoms with E-state index in [0.717, 1.165) is 22.2 Å².